The van der Waals surface area contributed by atoms with Gasteiger partial charge in [0.2, 0.25) is 5.91 Å². The van der Waals surface area contributed by atoms with Gasteiger partial charge in [-0.3, -0.25) is 4.79 Å². The number of likely N-dealkylation sites (tertiary alicyclic amines) is 1. The second-order valence-electron chi connectivity index (χ2n) is 9.64. The third kappa shape index (κ3) is 5.84. The molecule has 1 heterocycles. The number of carboxylic acid groups (broad SMARTS) is 1. The van der Waals surface area contributed by atoms with Gasteiger partial charge in [0, 0.05) is 25.4 Å². The van der Waals surface area contributed by atoms with Crippen LogP contribution in [-0.4, -0.2) is 53.7 Å². The van der Waals surface area contributed by atoms with Crippen LogP contribution in [-0.2, 0) is 14.3 Å². The van der Waals surface area contributed by atoms with Crippen LogP contribution in [0, 0.1) is 5.92 Å². The fraction of sp³-hybridized carbons (Fsp3) is 0.464. The van der Waals surface area contributed by atoms with E-state index < -0.39 is 18.1 Å². The van der Waals surface area contributed by atoms with E-state index in [2.05, 4.69) is 29.6 Å². The Kier molecular flexibility index (Phi) is 8.06. The van der Waals surface area contributed by atoms with Gasteiger partial charge in [-0.15, -0.1) is 0 Å². The summed E-state index contributed by atoms with van der Waals surface area (Å²) in [6.07, 6.45) is 3.56. The second-order valence-corrected chi connectivity index (χ2v) is 9.64. The number of hydrogen-bond acceptors (Lipinski definition) is 4. The first-order chi connectivity index (χ1) is 17.0. The number of rotatable bonds is 8. The van der Waals surface area contributed by atoms with Crippen LogP contribution < -0.4 is 5.32 Å². The van der Waals surface area contributed by atoms with Crippen molar-refractivity contribution >= 4 is 18.0 Å². The molecule has 0 radical (unpaired) electrons. The molecule has 4 rings (SSSR count). The highest BCUT2D eigenvalue weighted by Gasteiger charge is 2.31. The molecule has 0 aromatic heterocycles. The number of fused-ring (bicyclic) bond motifs is 3. The highest BCUT2D eigenvalue weighted by molar-refractivity contribution is 5.84. The molecule has 0 saturated carbocycles. The van der Waals surface area contributed by atoms with Crippen LogP contribution in [0.3, 0.4) is 0 Å². The molecule has 1 aliphatic carbocycles. The van der Waals surface area contributed by atoms with Crippen LogP contribution in [0.2, 0.25) is 0 Å². The van der Waals surface area contributed by atoms with Gasteiger partial charge in [-0.25, -0.2) is 9.59 Å². The Bertz CT molecular complexity index is 1020. The third-order valence-corrected chi connectivity index (χ3v) is 7.13. The Labute approximate surface area is 206 Å². The summed E-state index contributed by atoms with van der Waals surface area (Å²) in [4.78, 5) is 38.3. The maximum atomic E-state index is 12.8. The van der Waals surface area contributed by atoms with Crippen LogP contribution in [0.5, 0.6) is 0 Å². The highest BCUT2D eigenvalue weighted by atomic mass is 16.5. The summed E-state index contributed by atoms with van der Waals surface area (Å²) >= 11 is 0. The first-order valence-corrected chi connectivity index (χ1v) is 12.6. The summed E-state index contributed by atoms with van der Waals surface area (Å²) in [5, 5.41) is 12.3. The monoisotopic (exact) mass is 478 g/mol. The quantitative estimate of drug-likeness (QED) is 0.568. The highest BCUT2D eigenvalue weighted by Crippen LogP contribution is 2.44. The Morgan fingerprint density at radius 1 is 1.03 bits per heavy atom. The molecule has 35 heavy (non-hydrogen) atoms. The zero-order valence-electron chi connectivity index (χ0n) is 20.2. The molecule has 1 saturated heterocycles. The number of nitrogens with zero attached hydrogens (tertiary/aromatic N) is 1. The van der Waals surface area contributed by atoms with E-state index in [-0.39, 0.29) is 30.8 Å². The molecule has 2 amide bonds. The molecule has 2 aliphatic rings. The molecule has 2 aromatic rings. The van der Waals surface area contributed by atoms with Gasteiger partial charge in [-0.1, -0.05) is 68.3 Å². The van der Waals surface area contributed by atoms with Gasteiger partial charge >= 0.3 is 12.1 Å². The minimum Gasteiger partial charge on any atom is -0.480 e. The normalized spacial score (nSPS) is 18.2. The minimum atomic E-state index is -0.926. The molecular weight excluding hydrogens is 444 g/mol. The number of alkyl carbamates (subject to hydrolysis) is 1. The van der Waals surface area contributed by atoms with Crippen molar-refractivity contribution in [2.24, 2.45) is 5.92 Å². The molecule has 7 nitrogen and oxygen atoms in total. The molecule has 2 N–H and O–H groups in total. The van der Waals surface area contributed by atoms with Gasteiger partial charge in [0.1, 0.15) is 12.6 Å². The van der Waals surface area contributed by atoms with E-state index in [0.717, 1.165) is 19.3 Å². The van der Waals surface area contributed by atoms with Crippen LogP contribution in [0.15, 0.2) is 48.5 Å². The lowest BCUT2D eigenvalue weighted by Crippen LogP contribution is -2.45. The van der Waals surface area contributed by atoms with E-state index in [1.807, 2.05) is 31.2 Å². The number of benzene rings is 2. The molecular formula is C28H34N2O5. The zero-order chi connectivity index (χ0) is 24.8. The number of ether oxygens (including phenoxy) is 1. The lowest BCUT2D eigenvalue weighted by atomic mass is 9.98. The Morgan fingerprint density at radius 3 is 2.34 bits per heavy atom. The second kappa shape index (κ2) is 11.4. The van der Waals surface area contributed by atoms with E-state index in [0.29, 0.717) is 25.9 Å². The Morgan fingerprint density at radius 2 is 1.69 bits per heavy atom. The smallest absolute Gasteiger partial charge is 0.407 e. The average Bonchev–Trinajstić information content (AvgIpc) is 2.98. The molecule has 186 valence electrons. The van der Waals surface area contributed by atoms with Gasteiger partial charge in [0.25, 0.3) is 0 Å². The van der Waals surface area contributed by atoms with E-state index >= 15 is 0 Å². The summed E-state index contributed by atoms with van der Waals surface area (Å²) in [5.41, 5.74) is 4.71. The Hall–Kier alpha value is -3.35. The number of carbonyl (C=O) groups is 3. The van der Waals surface area contributed by atoms with Crippen molar-refractivity contribution in [2.45, 2.75) is 57.4 Å². The molecule has 7 heteroatoms. The van der Waals surface area contributed by atoms with Crippen molar-refractivity contribution in [2.75, 3.05) is 19.7 Å². The fourth-order valence-corrected chi connectivity index (χ4v) is 5.25. The molecule has 1 fully saturated rings. The number of carbonyl (C=O) groups excluding carboxylic acids is 2. The summed E-state index contributed by atoms with van der Waals surface area (Å²) < 4.78 is 5.56. The summed E-state index contributed by atoms with van der Waals surface area (Å²) in [6.45, 7) is 3.11. The van der Waals surface area contributed by atoms with Crippen LogP contribution in [0.1, 0.15) is 62.5 Å². The van der Waals surface area contributed by atoms with Gasteiger partial charge in [-0.2, -0.15) is 0 Å². The fourth-order valence-electron chi connectivity index (χ4n) is 5.25. The first-order valence-electron chi connectivity index (χ1n) is 12.6. The largest absolute Gasteiger partial charge is 0.480 e. The Balaban J connectivity index is 1.23. The van der Waals surface area contributed by atoms with E-state index in [1.54, 1.807) is 0 Å². The van der Waals surface area contributed by atoms with E-state index in [9.17, 15) is 19.5 Å². The van der Waals surface area contributed by atoms with Crippen LogP contribution >= 0.6 is 0 Å². The standard InChI is InChI=1S/C28H34N2O5/c1-19(17-26(31)30-16-8-2-3-13-25(30)27(32)33)14-15-29-28(34)35-18-24-22-11-6-4-9-20(22)21-10-5-7-12-23(21)24/h4-7,9-12,19,24-25H,2-3,8,13-18H2,1H3,(H,29,34)(H,32,33). The molecule has 0 bridgehead atoms. The van der Waals surface area contributed by atoms with Crippen LogP contribution in [0.4, 0.5) is 4.79 Å². The SMILES string of the molecule is CC(CCNC(=O)OCC1c2ccccc2-c2ccccc21)CC(=O)N1CCCCCC1C(=O)O. The maximum absolute atomic E-state index is 12.8. The van der Waals surface area contributed by atoms with Crippen molar-refractivity contribution in [3.63, 3.8) is 0 Å². The van der Waals surface area contributed by atoms with Gasteiger partial charge in [0.05, 0.1) is 0 Å². The van der Waals surface area contributed by atoms with E-state index in [4.69, 9.17) is 4.74 Å². The van der Waals surface area contributed by atoms with Crippen molar-refractivity contribution < 1.29 is 24.2 Å². The third-order valence-electron chi connectivity index (χ3n) is 7.13. The number of amides is 2. The number of hydrogen-bond donors (Lipinski definition) is 2. The minimum absolute atomic E-state index is 0.0144. The lowest BCUT2D eigenvalue weighted by molar-refractivity contribution is -0.150. The number of nitrogens with one attached hydrogen (secondary N) is 1. The maximum Gasteiger partial charge on any atom is 0.407 e. The van der Waals surface area contributed by atoms with Crippen molar-refractivity contribution in [1.82, 2.24) is 10.2 Å². The number of carboxylic acids is 1. The molecule has 2 aromatic carbocycles. The topological polar surface area (TPSA) is 95.9 Å². The summed E-state index contributed by atoms with van der Waals surface area (Å²) in [6, 6.07) is 15.7. The number of aliphatic carboxylic acids is 1. The van der Waals surface area contributed by atoms with Crippen LogP contribution in [0.25, 0.3) is 11.1 Å². The van der Waals surface area contributed by atoms with Crippen molar-refractivity contribution in [3.8, 4) is 11.1 Å². The average molecular weight is 479 g/mol. The lowest BCUT2D eigenvalue weighted by Gasteiger charge is -2.28. The van der Waals surface area contributed by atoms with Gasteiger partial charge in [-0.05, 0) is 47.4 Å². The predicted octanol–water partition coefficient (Wildman–Crippen LogP) is 4.80. The van der Waals surface area contributed by atoms with E-state index in [1.165, 1.54) is 27.2 Å². The summed E-state index contributed by atoms with van der Waals surface area (Å²) in [5.74, 6) is -1.01. The van der Waals surface area contributed by atoms with Gasteiger partial charge < -0.3 is 20.1 Å². The molecule has 1 aliphatic heterocycles. The van der Waals surface area contributed by atoms with Crippen molar-refractivity contribution in [3.05, 3.63) is 59.7 Å². The van der Waals surface area contributed by atoms with Gasteiger partial charge in [0.15, 0.2) is 0 Å². The zero-order valence-corrected chi connectivity index (χ0v) is 20.2. The summed E-state index contributed by atoms with van der Waals surface area (Å²) in [7, 11) is 0. The first kappa shape index (κ1) is 24.8. The predicted molar refractivity (Wildman–Crippen MR) is 133 cm³/mol. The molecule has 0 spiro atoms. The molecule has 2 atom stereocenters. The molecule has 2 unspecified atom stereocenters. The van der Waals surface area contributed by atoms with Crippen molar-refractivity contribution in [1.29, 1.82) is 0 Å².